The van der Waals surface area contributed by atoms with E-state index in [9.17, 15) is 0 Å². The Hall–Kier alpha value is -1.03. The quantitative estimate of drug-likeness (QED) is 0.875. The molecule has 4 heteroatoms. The van der Waals surface area contributed by atoms with Gasteiger partial charge in [-0.1, -0.05) is 32.1 Å². The molecule has 0 amide bonds. The summed E-state index contributed by atoms with van der Waals surface area (Å²) in [7, 11) is 3.60. The van der Waals surface area contributed by atoms with Crippen molar-refractivity contribution < 1.29 is 4.74 Å². The Labute approximate surface area is 103 Å². The molecule has 2 rings (SSSR count). The number of rotatable bonds is 4. The van der Waals surface area contributed by atoms with Gasteiger partial charge in [0.2, 0.25) is 0 Å². The van der Waals surface area contributed by atoms with Crippen LogP contribution in [0.25, 0.3) is 0 Å². The van der Waals surface area contributed by atoms with Crippen LogP contribution in [0.4, 0.5) is 0 Å². The second-order valence-electron chi connectivity index (χ2n) is 5.07. The summed E-state index contributed by atoms with van der Waals surface area (Å²) in [5.41, 5.74) is 7.33. The van der Waals surface area contributed by atoms with Gasteiger partial charge >= 0.3 is 0 Å². The number of ether oxygens (including phenoxy) is 1. The third kappa shape index (κ3) is 2.80. The van der Waals surface area contributed by atoms with E-state index in [-0.39, 0.29) is 6.04 Å². The summed E-state index contributed by atoms with van der Waals surface area (Å²) in [6.45, 7) is 0. The van der Waals surface area contributed by atoms with E-state index in [1.54, 1.807) is 13.3 Å². The van der Waals surface area contributed by atoms with E-state index in [1.807, 2.05) is 11.7 Å². The van der Waals surface area contributed by atoms with Crippen LogP contribution in [0, 0.1) is 5.92 Å². The Balaban J connectivity index is 2.02. The SMILES string of the molecule is COc1cnn(C)c1C(N)CC1CCCCC1. The van der Waals surface area contributed by atoms with Gasteiger partial charge in [-0.3, -0.25) is 4.68 Å². The molecular weight excluding hydrogens is 214 g/mol. The highest BCUT2D eigenvalue weighted by molar-refractivity contribution is 5.27. The zero-order valence-corrected chi connectivity index (χ0v) is 10.9. The van der Waals surface area contributed by atoms with Gasteiger partial charge in [-0.05, 0) is 12.3 Å². The van der Waals surface area contributed by atoms with E-state index < -0.39 is 0 Å². The predicted octanol–water partition coefficient (Wildman–Crippen LogP) is 2.40. The lowest BCUT2D eigenvalue weighted by atomic mass is 9.84. The first-order valence-corrected chi connectivity index (χ1v) is 6.54. The van der Waals surface area contributed by atoms with Gasteiger partial charge in [0.25, 0.3) is 0 Å². The average molecular weight is 237 g/mol. The summed E-state index contributed by atoms with van der Waals surface area (Å²) in [5, 5.41) is 4.21. The molecule has 1 unspecified atom stereocenters. The molecule has 17 heavy (non-hydrogen) atoms. The minimum atomic E-state index is 0.0422. The van der Waals surface area contributed by atoms with E-state index in [4.69, 9.17) is 10.5 Å². The van der Waals surface area contributed by atoms with Gasteiger partial charge in [-0.25, -0.2) is 0 Å². The number of methoxy groups -OCH3 is 1. The highest BCUT2D eigenvalue weighted by Gasteiger charge is 2.22. The normalized spacial score (nSPS) is 19.2. The average Bonchev–Trinajstić information content (AvgIpc) is 2.71. The van der Waals surface area contributed by atoms with Gasteiger partial charge in [0.15, 0.2) is 5.75 Å². The zero-order valence-electron chi connectivity index (χ0n) is 10.9. The van der Waals surface area contributed by atoms with Crippen LogP contribution in [0.2, 0.25) is 0 Å². The van der Waals surface area contributed by atoms with Crippen molar-refractivity contribution in [2.75, 3.05) is 7.11 Å². The highest BCUT2D eigenvalue weighted by atomic mass is 16.5. The molecule has 1 aromatic rings. The fourth-order valence-corrected chi connectivity index (χ4v) is 2.90. The Bertz CT molecular complexity index is 356. The van der Waals surface area contributed by atoms with Gasteiger partial charge in [0.05, 0.1) is 25.0 Å². The molecule has 0 radical (unpaired) electrons. The predicted molar refractivity (Wildman–Crippen MR) is 67.9 cm³/mol. The molecule has 1 aliphatic rings. The van der Waals surface area contributed by atoms with E-state index in [0.29, 0.717) is 0 Å². The van der Waals surface area contributed by atoms with Crippen molar-refractivity contribution in [3.8, 4) is 5.75 Å². The van der Waals surface area contributed by atoms with Crippen molar-refractivity contribution in [1.82, 2.24) is 9.78 Å². The van der Waals surface area contributed by atoms with Crippen molar-refractivity contribution in [1.29, 1.82) is 0 Å². The van der Waals surface area contributed by atoms with E-state index in [0.717, 1.165) is 23.8 Å². The Morgan fingerprint density at radius 1 is 1.47 bits per heavy atom. The molecule has 2 N–H and O–H groups in total. The minimum Gasteiger partial charge on any atom is -0.493 e. The molecule has 0 bridgehead atoms. The van der Waals surface area contributed by atoms with Crippen molar-refractivity contribution in [2.45, 2.75) is 44.6 Å². The topological polar surface area (TPSA) is 53.1 Å². The van der Waals surface area contributed by atoms with Crippen LogP contribution in [0.1, 0.15) is 50.3 Å². The number of hydrogen-bond acceptors (Lipinski definition) is 3. The summed E-state index contributed by atoms with van der Waals surface area (Å²) in [4.78, 5) is 0. The fourth-order valence-electron chi connectivity index (χ4n) is 2.90. The summed E-state index contributed by atoms with van der Waals surface area (Å²) in [6, 6.07) is 0.0422. The number of aryl methyl sites for hydroxylation is 1. The Morgan fingerprint density at radius 2 is 2.18 bits per heavy atom. The lowest BCUT2D eigenvalue weighted by molar-refractivity contribution is 0.311. The van der Waals surface area contributed by atoms with Crippen molar-refractivity contribution >= 4 is 0 Å². The molecular formula is C13H23N3O. The molecule has 4 nitrogen and oxygen atoms in total. The van der Waals surface area contributed by atoms with E-state index >= 15 is 0 Å². The molecule has 0 saturated heterocycles. The minimum absolute atomic E-state index is 0.0422. The molecule has 0 aliphatic heterocycles. The van der Waals surface area contributed by atoms with Gasteiger partial charge in [0.1, 0.15) is 0 Å². The Morgan fingerprint density at radius 3 is 2.82 bits per heavy atom. The van der Waals surface area contributed by atoms with Crippen LogP contribution in [-0.4, -0.2) is 16.9 Å². The van der Waals surface area contributed by atoms with Crippen molar-refractivity contribution in [2.24, 2.45) is 18.7 Å². The number of nitrogens with two attached hydrogens (primary N) is 1. The van der Waals surface area contributed by atoms with Gasteiger partial charge < -0.3 is 10.5 Å². The second kappa shape index (κ2) is 5.54. The summed E-state index contributed by atoms with van der Waals surface area (Å²) in [6.07, 6.45) is 9.56. The number of aromatic nitrogens is 2. The summed E-state index contributed by atoms with van der Waals surface area (Å²) >= 11 is 0. The van der Waals surface area contributed by atoms with Crippen LogP contribution >= 0.6 is 0 Å². The molecule has 0 aromatic carbocycles. The molecule has 1 saturated carbocycles. The molecule has 1 aromatic heterocycles. The lowest BCUT2D eigenvalue weighted by Gasteiger charge is -2.24. The van der Waals surface area contributed by atoms with Gasteiger partial charge in [0, 0.05) is 7.05 Å². The van der Waals surface area contributed by atoms with E-state index in [1.165, 1.54) is 32.1 Å². The summed E-state index contributed by atoms with van der Waals surface area (Å²) < 4.78 is 7.15. The smallest absolute Gasteiger partial charge is 0.161 e. The Kier molecular flexibility index (Phi) is 4.05. The number of nitrogens with zero attached hydrogens (tertiary/aromatic N) is 2. The third-order valence-electron chi connectivity index (χ3n) is 3.83. The van der Waals surface area contributed by atoms with Crippen molar-refractivity contribution in [3.05, 3.63) is 11.9 Å². The largest absolute Gasteiger partial charge is 0.493 e. The van der Waals surface area contributed by atoms with Crippen LogP contribution in [0.3, 0.4) is 0 Å². The molecule has 96 valence electrons. The number of hydrogen-bond donors (Lipinski definition) is 1. The molecule has 1 heterocycles. The van der Waals surface area contributed by atoms with Crippen molar-refractivity contribution in [3.63, 3.8) is 0 Å². The van der Waals surface area contributed by atoms with Crippen LogP contribution < -0.4 is 10.5 Å². The standard InChI is InChI=1S/C13H23N3O/c1-16-13(12(17-2)9-15-16)11(14)8-10-6-4-3-5-7-10/h9-11H,3-8,14H2,1-2H3. The highest BCUT2D eigenvalue weighted by Crippen LogP contribution is 2.33. The first-order valence-electron chi connectivity index (χ1n) is 6.54. The van der Waals surface area contributed by atoms with E-state index in [2.05, 4.69) is 5.10 Å². The third-order valence-corrected chi connectivity index (χ3v) is 3.83. The monoisotopic (exact) mass is 237 g/mol. The van der Waals surface area contributed by atoms with Gasteiger partial charge in [-0.2, -0.15) is 5.10 Å². The summed E-state index contributed by atoms with van der Waals surface area (Å²) in [5.74, 6) is 1.59. The maximum atomic E-state index is 6.31. The van der Waals surface area contributed by atoms with Crippen LogP contribution in [0.5, 0.6) is 5.75 Å². The lowest BCUT2D eigenvalue weighted by Crippen LogP contribution is -2.20. The maximum Gasteiger partial charge on any atom is 0.161 e. The molecule has 0 spiro atoms. The maximum absolute atomic E-state index is 6.31. The molecule has 1 atom stereocenters. The van der Waals surface area contributed by atoms with Gasteiger partial charge in [-0.15, -0.1) is 0 Å². The van der Waals surface area contributed by atoms with Crippen LogP contribution in [0.15, 0.2) is 6.20 Å². The van der Waals surface area contributed by atoms with Crippen LogP contribution in [-0.2, 0) is 7.05 Å². The second-order valence-corrected chi connectivity index (χ2v) is 5.07. The molecule has 1 fully saturated rings. The zero-order chi connectivity index (χ0) is 12.3. The first-order chi connectivity index (χ1) is 8.22. The fraction of sp³-hybridized carbons (Fsp3) is 0.769. The first kappa shape index (κ1) is 12.4. The molecule has 1 aliphatic carbocycles.